The molecule has 1 atom stereocenters. The summed E-state index contributed by atoms with van der Waals surface area (Å²) >= 11 is 6.31. The van der Waals surface area contributed by atoms with E-state index in [1.807, 2.05) is 12.1 Å². The van der Waals surface area contributed by atoms with Crippen LogP contribution in [0.2, 0.25) is 0 Å². The first-order chi connectivity index (χ1) is 10.9. The van der Waals surface area contributed by atoms with E-state index in [4.69, 9.17) is 16.3 Å². The monoisotopic (exact) mass is 331 g/mol. The lowest BCUT2D eigenvalue weighted by Gasteiger charge is -2.35. The van der Waals surface area contributed by atoms with Gasteiger partial charge in [0, 0.05) is 52.8 Å². The van der Waals surface area contributed by atoms with Crippen LogP contribution in [0.15, 0.2) is 18.2 Å². The molecule has 23 heavy (non-hydrogen) atoms. The fourth-order valence-electron chi connectivity index (χ4n) is 3.95. The van der Waals surface area contributed by atoms with Crippen molar-refractivity contribution in [2.24, 2.45) is 0 Å². The maximum Gasteiger partial charge on any atom is 0.130 e. The zero-order valence-electron chi connectivity index (χ0n) is 13.8. The van der Waals surface area contributed by atoms with E-state index in [1.54, 1.807) is 0 Å². The highest BCUT2D eigenvalue weighted by Crippen LogP contribution is 2.51. The Balaban J connectivity index is 2.08. The van der Waals surface area contributed by atoms with E-state index in [2.05, 4.69) is 31.7 Å². The van der Waals surface area contributed by atoms with Gasteiger partial charge in [0.25, 0.3) is 0 Å². The molecule has 0 radical (unpaired) electrons. The average Bonchev–Trinajstić information content (AvgIpc) is 3.09. The highest BCUT2D eigenvalue weighted by atomic mass is 35.5. The van der Waals surface area contributed by atoms with Crippen LogP contribution in [0, 0.1) is 0 Å². The number of hydrogen-bond donors (Lipinski definition) is 1. The third-order valence-electron chi connectivity index (χ3n) is 5.05. The van der Waals surface area contributed by atoms with Crippen LogP contribution < -0.4 is 9.64 Å². The summed E-state index contributed by atoms with van der Waals surface area (Å²) in [4.78, 5) is 2.35. The molecule has 2 aromatic rings. The minimum Gasteiger partial charge on any atom is -0.507 e. The van der Waals surface area contributed by atoms with E-state index < -0.39 is 0 Å². The highest BCUT2D eigenvalue weighted by molar-refractivity contribution is 6.19. The first kappa shape index (κ1) is 14.9. The van der Waals surface area contributed by atoms with Crippen LogP contribution in [0.3, 0.4) is 0 Å². The topological polar surface area (TPSA) is 32.7 Å². The number of benzene rings is 2. The van der Waals surface area contributed by atoms with E-state index >= 15 is 0 Å². The van der Waals surface area contributed by atoms with Gasteiger partial charge in [-0.3, -0.25) is 0 Å². The molecule has 0 aliphatic carbocycles. The van der Waals surface area contributed by atoms with E-state index in [0.29, 0.717) is 18.2 Å². The van der Waals surface area contributed by atoms with Gasteiger partial charge in [-0.05, 0) is 31.9 Å². The quantitative estimate of drug-likeness (QED) is 0.785. The molecule has 0 saturated carbocycles. The van der Waals surface area contributed by atoms with Gasteiger partial charge in [0.2, 0.25) is 0 Å². The van der Waals surface area contributed by atoms with Crippen LogP contribution >= 0.6 is 11.6 Å². The van der Waals surface area contributed by atoms with E-state index in [9.17, 15) is 5.11 Å². The lowest BCUT2D eigenvalue weighted by molar-refractivity contribution is 0.360. The summed E-state index contributed by atoms with van der Waals surface area (Å²) in [5.41, 5.74) is 3.54. The second-order valence-corrected chi connectivity index (χ2v) is 7.84. The molecule has 0 bridgehead atoms. The van der Waals surface area contributed by atoms with Crippen LogP contribution in [0.1, 0.15) is 37.8 Å². The molecular weight excluding hydrogens is 310 g/mol. The SMILES string of the molecule is CC(C)(C)N1C[C@@H](CCl)c2c1cc(O)c1ccc3c(c21)OCC3. The summed E-state index contributed by atoms with van der Waals surface area (Å²) in [6, 6.07) is 5.99. The van der Waals surface area contributed by atoms with Crippen molar-refractivity contribution in [3.05, 3.63) is 29.3 Å². The molecule has 0 spiro atoms. The van der Waals surface area contributed by atoms with Gasteiger partial charge in [0.05, 0.1) is 6.61 Å². The Morgan fingerprint density at radius 3 is 2.83 bits per heavy atom. The number of fused-ring (bicyclic) bond motifs is 5. The molecule has 0 aromatic heterocycles. The molecule has 1 N–H and O–H groups in total. The molecule has 4 heteroatoms. The van der Waals surface area contributed by atoms with Gasteiger partial charge in [-0.2, -0.15) is 0 Å². The van der Waals surface area contributed by atoms with Crippen molar-refractivity contribution in [2.75, 3.05) is 23.9 Å². The minimum atomic E-state index is -0.0194. The third kappa shape index (κ3) is 2.09. The molecule has 3 nitrogen and oxygen atoms in total. The first-order valence-electron chi connectivity index (χ1n) is 8.19. The normalized spacial score (nSPS) is 19.8. The van der Waals surface area contributed by atoms with Gasteiger partial charge < -0.3 is 14.7 Å². The van der Waals surface area contributed by atoms with Crippen LogP contribution in [0.4, 0.5) is 5.69 Å². The molecule has 0 unspecified atom stereocenters. The molecule has 0 amide bonds. The number of phenolic OH excluding ortho intramolecular Hbond substituents is 1. The Bertz CT molecular complexity index is 794. The van der Waals surface area contributed by atoms with Crippen LogP contribution in [0.25, 0.3) is 10.8 Å². The van der Waals surface area contributed by atoms with E-state index in [0.717, 1.165) is 35.2 Å². The lowest BCUT2D eigenvalue weighted by Crippen LogP contribution is -2.40. The van der Waals surface area contributed by atoms with Crippen molar-refractivity contribution in [2.45, 2.75) is 38.6 Å². The number of anilines is 1. The summed E-state index contributed by atoms with van der Waals surface area (Å²) in [5, 5.41) is 12.5. The number of rotatable bonds is 1. The smallest absolute Gasteiger partial charge is 0.130 e. The predicted molar refractivity (Wildman–Crippen MR) is 95.4 cm³/mol. The van der Waals surface area contributed by atoms with Crippen molar-refractivity contribution in [1.82, 2.24) is 0 Å². The molecule has 122 valence electrons. The van der Waals surface area contributed by atoms with Gasteiger partial charge in [-0.15, -0.1) is 11.6 Å². The lowest BCUT2D eigenvalue weighted by atomic mass is 9.93. The zero-order chi connectivity index (χ0) is 16.4. The van der Waals surface area contributed by atoms with Crippen molar-refractivity contribution in [3.8, 4) is 11.5 Å². The number of ether oxygens (including phenoxy) is 1. The number of nitrogens with zero attached hydrogens (tertiary/aromatic N) is 1. The van der Waals surface area contributed by atoms with Crippen LogP contribution in [0.5, 0.6) is 11.5 Å². The van der Waals surface area contributed by atoms with Crippen LogP contribution in [-0.4, -0.2) is 29.7 Å². The Morgan fingerprint density at radius 1 is 1.35 bits per heavy atom. The van der Waals surface area contributed by atoms with Gasteiger partial charge >= 0.3 is 0 Å². The summed E-state index contributed by atoms with van der Waals surface area (Å²) in [6.07, 6.45) is 0.935. The van der Waals surface area contributed by atoms with Crippen molar-refractivity contribution in [1.29, 1.82) is 0 Å². The fourth-order valence-corrected chi connectivity index (χ4v) is 4.20. The largest absolute Gasteiger partial charge is 0.507 e. The number of phenols is 1. The summed E-state index contributed by atoms with van der Waals surface area (Å²) in [6.45, 7) is 8.18. The molecule has 2 aliphatic heterocycles. The Hall–Kier alpha value is -1.61. The van der Waals surface area contributed by atoms with Crippen molar-refractivity contribution in [3.63, 3.8) is 0 Å². The minimum absolute atomic E-state index is 0.0194. The maximum atomic E-state index is 10.6. The number of halogens is 1. The molecule has 4 rings (SSSR count). The second kappa shape index (κ2) is 4.94. The maximum absolute atomic E-state index is 10.6. The molecule has 2 heterocycles. The van der Waals surface area contributed by atoms with Gasteiger partial charge in [-0.25, -0.2) is 0 Å². The molecule has 0 fully saturated rings. The molecule has 2 aliphatic rings. The number of hydrogen-bond acceptors (Lipinski definition) is 3. The number of aromatic hydroxyl groups is 1. The van der Waals surface area contributed by atoms with Crippen LogP contribution in [-0.2, 0) is 6.42 Å². The Kier molecular flexibility index (Phi) is 3.21. The second-order valence-electron chi connectivity index (χ2n) is 7.54. The summed E-state index contributed by atoms with van der Waals surface area (Å²) in [5.74, 6) is 2.09. The molecule has 2 aromatic carbocycles. The highest BCUT2D eigenvalue weighted by Gasteiger charge is 2.37. The van der Waals surface area contributed by atoms with E-state index in [-0.39, 0.29) is 11.5 Å². The average molecular weight is 332 g/mol. The first-order valence-corrected chi connectivity index (χ1v) is 8.73. The number of alkyl halides is 1. The Morgan fingerprint density at radius 2 is 2.13 bits per heavy atom. The van der Waals surface area contributed by atoms with E-state index in [1.165, 1.54) is 11.1 Å². The Labute approximate surface area is 141 Å². The predicted octanol–water partition coefficient (Wildman–Crippen LogP) is 4.42. The summed E-state index contributed by atoms with van der Waals surface area (Å²) < 4.78 is 5.93. The van der Waals surface area contributed by atoms with Gasteiger partial charge in [0.15, 0.2) is 0 Å². The van der Waals surface area contributed by atoms with Gasteiger partial charge in [0.1, 0.15) is 11.5 Å². The van der Waals surface area contributed by atoms with Gasteiger partial charge in [-0.1, -0.05) is 12.1 Å². The third-order valence-corrected chi connectivity index (χ3v) is 5.42. The van der Waals surface area contributed by atoms with Crippen molar-refractivity contribution < 1.29 is 9.84 Å². The molecular formula is C19H22ClNO2. The zero-order valence-corrected chi connectivity index (χ0v) is 14.6. The summed E-state index contributed by atoms with van der Waals surface area (Å²) in [7, 11) is 0. The molecule has 0 saturated heterocycles. The fraction of sp³-hybridized carbons (Fsp3) is 0.474. The van der Waals surface area contributed by atoms with Crippen molar-refractivity contribution >= 4 is 28.1 Å². The standard InChI is InChI=1S/C19H22ClNO2/c1-19(2,3)21-10-12(9-20)16-14(21)8-15(22)13-5-4-11-6-7-23-18(11)17(13)16/h4-5,8,12,22H,6-7,9-10H2,1-3H3/t12-/m1/s1.